The van der Waals surface area contributed by atoms with Crippen LogP contribution in [0.25, 0.3) is 11.3 Å². The Morgan fingerprint density at radius 1 is 1.19 bits per heavy atom. The van der Waals surface area contributed by atoms with Gasteiger partial charge in [0.05, 0.1) is 18.5 Å². The summed E-state index contributed by atoms with van der Waals surface area (Å²) in [5, 5.41) is 4.14. The first kappa shape index (κ1) is 15.3. The number of benzene rings is 1. The van der Waals surface area contributed by atoms with Gasteiger partial charge in [0.1, 0.15) is 5.82 Å². The van der Waals surface area contributed by atoms with Crippen LogP contribution in [0.4, 0.5) is 4.39 Å². The highest BCUT2D eigenvalue weighted by Gasteiger charge is 2.05. The van der Waals surface area contributed by atoms with Crippen LogP contribution in [0.1, 0.15) is 0 Å². The molecule has 0 spiro atoms. The van der Waals surface area contributed by atoms with E-state index in [0.717, 1.165) is 10.9 Å². The van der Waals surface area contributed by atoms with Gasteiger partial charge in [0.2, 0.25) is 10.0 Å². The van der Waals surface area contributed by atoms with E-state index in [1.165, 1.54) is 24.3 Å². The molecule has 0 aliphatic carbocycles. The summed E-state index contributed by atoms with van der Waals surface area (Å²) < 4.78 is 38.3. The maximum atomic E-state index is 12.9. The van der Waals surface area contributed by atoms with E-state index < -0.39 is 10.0 Å². The molecule has 21 heavy (non-hydrogen) atoms. The number of rotatable bonds is 5. The van der Waals surface area contributed by atoms with Crippen molar-refractivity contribution in [2.45, 2.75) is 6.54 Å². The second-order valence-corrected chi connectivity index (χ2v) is 6.29. The van der Waals surface area contributed by atoms with E-state index in [1.54, 1.807) is 12.1 Å². The quantitative estimate of drug-likeness (QED) is 0.877. The molecular weight excluding hydrogens is 297 g/mol. The van der Waals surface area contributed by atoms with E-state index >= 15 is 0 Å². The summed E-state index contributed by atoms with van der Waals surface area (Å²) in [6, 6.07) is 8.60. The van der Waals surface area contributed by atoms with E-state index in [9.17, 15) is 17.6 Å². The lowest BCUT2D eigenvalue weighted by Crippen LogP contribution is -2.31. The topological polar surface area (TPSA) is 81.1 Å². The highest BCUT2D eigenvalue weighted by molar-refractivity contribution is 7.88. The molecule has 1 aromatic carbocycles. The molecule has 0 aliphatic heterocycles. The number of nitrogens with one attached hydrogen (secondary N) is 1. The van der Waals surface area contributed by atoms with Gasteiger partial charge in [-0.15, -0.1) is 0 Å². The van der Waals surface area contributed by atoms with Crippen molar-refractivity contribution in [3.05, 3.63) is 52.6 Å². The molecule has 2 rings (SSSR count). The van der Waals surface area contributed by atoms with Gasteiger partial charge in [0.15, 0.2) is 0 Å². The monoisotopic (exact) mass is 311 g/mol. The Hall–Kier alpha value is -2.06. The van der Waals surface area contributed by atoms with Crippen molar-refractivity contribution in [2.75, 3.05) is 12.8 Å². The molecule has 0 atom stereocenters. The smallest absolute Gasteiger partial charge is 0.266 e. The number of nitrogens with zero attached hydrogens (tertiary/aromatic N) is 2. The lowest BCUT2D eigenvalue weighted by Gasteiger charge is -2.07. The Balaban J connectivity index is 2.21. The molecule has 1 heterocycles. The van der Waals surface area contributed by atoms with Crippen LogP contribution >= 0.6 is 0 Å². The molecule has 2 aromatic rings. The average Bonchev–Trinajstić information content (AvgIpc) is 2.40. The Labute approximate surface area is 121 Å². The minimum Gasteiger partial charge on any atom is -0.268 e. The summed E-state index contributed by atoms with van der Waals surface area (Å²) in [7, 11) is -3.31. The van der Waals surface area contributed by atoms with E-state index in [0.29, 0.717) is 11.3 Å². The molecular formula is C13H14FN3O3S. The third-order valence-electron chi connectivity index (χ3n) is 2.69. The fourth-order valence-electron chi connectivity index (χ4n) is 1.72. The summed E-state index contributed by atoms with van der Waals surface area (Å²) in [6.07, 6.45) is 1.04. The first-order chi connectivity index (χ1) is 9.85. The van der Waals surface area contributed by atoms with Crippen molar-refractivity contribution in [3.63, 3.8) is 0 Å². The number of sulfonamides is 1. The molecule has 0 unspecified atom stereocenters. The molecule has 1 N–H and O–H groups in total. The third-order valence-corrected chi connectivity index (χ3v) is 3.42. The number of hydrogen-bond donors (Lipinski definition) is 1. The van der Waals surface area contributed by atoms with Crippen LogP contribution in [0, 0.1) is 5.82 Å². The first-order valence-corrected chi connectivity index (χ1v) is 8.03. The predicted molar refractivity (Wildman–Crippen MR) is 76.7 cm³/mol. The number of aromatic nitrogens is 2. The normalized spacial score (nSPS) is 11.5. The average molecular weight is 311 g/mol. The molecule has 0 radical (unpaired) electrons. The maximum Gasteiger partial charge on any atom is 0.266 e. The Morgan fingerprint density at radius 3 is 2.48 bits per heavy atom. The predicted octanol–water partition coefficient (Wildman–Crippen LogP) is 0.599. The van der Waals surface area contributed by atoms with Crippen molar-refractivity contribution >= 4 is 10.0 Å². The molecule has 6 nitrogen and oxygen atoms in total. The zero-order valence-corrected chi connectivity index (χ0v) is 12.1. The summed E-state index contributed by atoms with van der Waals surface area (Å²) in [5.74, 6) is -0.357. The first-order valence-electron chi connectivity index (χ1n) is 6.14. The van der Waals surface area contributed by atoms with Crippen LogP contribution in [-0.2, 0) is 16.6 Å². The molecule has 0 aliphatic rings. The van der Waals surface area contributed by atoms with E-state index in [4.69, 9.17) is 0 Å². The highest BCUT2D eigenvalue weighted by atomic mass is 32.2. The van der Waals surface area contributed by atoms with Gasteiger partial charge < -0.3 is 0 Å². The minimum absolute atomic E-state index is 0.0681. The summed E-state index contributed by atoms with van der Waals surface area (Å²) in [4.78, 5) is 11.7. The summed E-state index contributed by atoms with van der Waals surface area (Å²) in [6.45, 7) is 0.180. The highest BCUT2D eigenvalue weighted by Crippen LogP contribution is 2.15. The van der Waals surface area contributed by atoms with Crippen LogP contribution in [0.15, 0.2) is 41.2 Å². The van der Waals surface area contributed by atoms with Crippen molar-refractivity contribution in [3.8, 4) is 11.3 Å². The summed E-state index contributed by atoms with van der Waals surface area (Å²) in [5.41, 5.74) is 0.839. The minimum atomic E-state index is -3.31. The molecule has 0 bridgehead atoms. The Kier molecular flexibility index (Phi) is 4.49. The second kappa shape index (κ2) is 6.15. The van der Waals surface area contributed by atoms with Gasteiger partial charge in [-0.25, -0.2) is 22.2 Å². The van der Waals surface area contributed by atoms with Gasteiger partial charge >= 0.3 is 0 Å². The van der Waals surface area contributed by atoms with Gasteiger partial charge in [-0.3, -0.25) is 4.79 Å². The van der Waals surface area contributed by atoms with Crippen molar-refractivity contribution in [2.24, 2.45) is 0 Å². The van der Waals surface area contributed by atoms with E-state index in [2.05, 4.69) is 9.82 Å². The van der Waals surface area contributed by atoms with Crippen LogP contribution < -0.4 is 10.3 Å². The molecule has 0 saturated heterocycles. The Bertz CT molecular complexity index is 785. The number of hydrogen-bond acceptors (Lipinski definition) is 4. The van der Waals surface area contributed by atoms with Crippen LogP contribution in [-0.4, -0.2) is 31.0 Å². The fourth-order valence-corrected chi connectivity index (χ4v) is 2.18. The van der Waals surface area contributed by atoms with Crippen molar-refractivity contribution in [1.29, 1.82) is 0 Å². The van der Waals surface area contributed by atoms with Crippen LogP contribution in [0.3, 0.4) is 0 Å². The molecule has 8 heteroatoms. The van der Waals surface area contributed by atoms with Crippen molar-refractivity contribution in [1.82, 2.24) is 14.5 Å². The molecule has 0 amide bonds. The van der Waals surface area contributed by atoms with Gasteiger partial charge in [-0.1, -0.05) is 0 Å². The number of halogens is 1. The Morgan fingerprint density at radius 2 is 1.86 bits per heavy atom. The van der Waals surface area contributed by atoms with Crippen LogP contribution in [0.2, 0.25) is 0 Å². The molecule has 0 fully saturated rings. The maximum absolute atomic E-state index is 12.9. The van der Waals surface area contributed by atoms with E-state index in [1.807, 2.05) is 0 Å². The van der Waals surface area contributed by atoms with Gasteiger partial charge in [-0.05, 0) is 30.3 Å². The molecule has 1 aromatic heterocycles. The van der Waals surface area contributed by atoms with Gasteiger partial charge in [0, 0.05) is 18.2 Å². The van der Waals surface area contributed by atoms with Gasteiger partial charge in [-0.2, -0.15) is 5.10 Å². The lowest BCUT2D eigenvalue weighted by molar-refractivity contribution is 0.552. The zero-order chi connectivity index (χ0) is 15.5. The largest absolute Gasteiger partial charge is 0.268 e. The van der Waals surface area contributed by atoms with Gasteiger partial charge in [0.25, 0.3) is 5.56 Å². The standard InChI is InChI=1S/C13H14FN3O3S/c1-21(19,20)15-8-9-17-13(18)7-6-12(16-17)10-2-4-11(14)5-3-10/h2-7,15H,8-9H2,1H3. The second-order valence-electron chi connectivity index (χ2n) is 4.45. The third kappa shape index (κ3) is 4.47. The van der Waals surface area contributed by atoms with E-state index in [-0.39, 0.29) is 24.5 Å². The summed E-state index contributed by atoms with van der Waals surface area (Å²) >= 11 is 0. The SMILES string of the molecule is CS(=O)(=O)NCCn1nc(-c2ccc(F)cc2)ccc1=O. The molecule has 112 valence electrons. The van der Waals surface area contributed by atoms with Crippen molar-refractivity contribution < 1.29 is 12.8 Å². The lowest BCUT2D eigenvalue weighted by atomic mass is 10.1. The van der Waals surface area contributed by atoms with Crippen LogP contribution in [0.5, 0.6) is 0 Å². The molecule has 0 saturated carbocycles. The zero-order valence-electron chi connectivity index (χ0n) is 11.3. The fraction of sp³-hybridized carbons (Fsp3) is 0.231.